The van der Waals surface area contributed by atoms with Crippen LogP contribution in [-0.4, -0.2) is 15.9 Å². The summed E-state index contributed by atoms with van der Waals surface area (Å²) in [5, 5.41) is 0.671. The summed E-state index contributed by atoms with van der Waals surface area (Å²) in [6, 6.07) is 5.90. The molecule has 0 unspecified atom stereocenters. The fourth-order valence-electron chi connectivity index (χ4n) is 3.60. The van der Waals surface area contributed by atoms with Crippen molar-refractivity contribution in [3.8, 4) is 0 Å². The van der Waals surface area contributed by atoms with Crippen LogP contribution in [0.15, 0.2) is 35.1 Å². The number of carbonyl (C=O) groups is 1. The second kappa shape index (κ2) is 7.91. The number of H-pyrrole nitrogens is 1. The lowest BCUT2D eigenvalue weighted by molar-refractivity contribution is -0.142. The molecule has 2 atom stereocenters. The Bertz CT molecular complexity index is 1160. The molecule has 0 radical (unpaired) electrons. The summed E-state index contributed by atoms with van der Waals surface area (Å²) >= 11 is 1.56. The summed E-state index contributed by atoms with van der Waals surface area (Å²) in [7, 11) is 0. The first-order valence-electron chi connectivity index (χ1n) is 9.59. The van der Waals surface area contributed by atoms with Gasteiger partial charge >= 0.3 is 5.97 Å². The predicted octanol–water partition coefficient (Wildman–Crippen LogP) is 4.57. The fourth-order valence-corrected chi connectivity index (χ4v) is 4.99. The fraction of sp³-hybridized carbons (Fsp3) is 0.318. The van der Waals surface area contributed by atoms with Gasteiger partial charge in [-0.1, -0.05) is 19.1 Å². The Morgan fingerprint density at radius 1 is 1.45 bits per heavy atom. The van der Waals surface area contributed by atoms with Gasteiger partial charge in [-0.2, -0.15) is 0 Å². The van der Waals surface area contributed by atoms with Gasteiger partial charge in [0.05, 0.1) is 5.39 Å². The Hall–Kier alpha value is -2.80. The summed E-state index contributed by atoms with van der Waals surface area (Å²) in [6.45, 7) is 3.88. The number of hydrogen-bond acceptors (Lipinski definition) is 5. The first kappa shape index (κ1) is 19.5. The molecule has 0 spiro atoms. The third-order valence-electron chi connectivity index (χ3n) is 5.12. The van der Waals surface area contributed by atoms with Gasteiger partial charge in [-0.25, -0.2) is 14.2 Å². The van der Waals surface area contributed by atoms with Crippen LogP contribution in [-0.2, 0) is 22.4 Å². The molecular formula is C22H21FN2O3S. The molecule has 0 aliphatic heterocycles. The lowest BCUT2D eigenvalue weighted by Gasteiger charge is -2.17. The molecule has 2 heterocycles. The highest BCUT2D eigenvalue weighted by molar-refractivity contribution is 7.18. The number of rotatable bonds is 4. The Morgan fingerprint density at radius 3 is 3.07 bits per heavy atom. The van der Waals surface area contributed by atoms with Gasteiger partial charge in [0.2, 0.25) is 0 Å². The van der Waals surface area contributed by atoms with Crippen molar-refractivity contribution in [2.75, 3.05) is 0 Å². The predicted molar refractivity (Wildman–Crippen MR) is 111 cm³/mol. The quantitative estimate of drug-likeness (QED) is 0.503. The lowest BCUT2D eigenvalue weighted by atomic mass is 9.89. The topological polar surface area (TPSA) is 72.0 Å². The largest absolute Gasteiger partial charge is 0.451 e. The van der Waals surface area contributed by atoms with Crippen LogP contribution in [0.25, 0.3) is 16.3 Å². The van der Waals surface area contributed by atoms with Crippen LogP contribution < -0.4 is 5.56 Å². The summed E-state index contributed by atoms with van der Waals surface area (Å²) in [6.07, 6.45) is 4.94. The van der Waals surface area contributed by atoms with E-state index in [0.717, 1.165) is 24.8 Å². The number of aromatic amines is 1. The summed E-state index contributed by atoms with van der Waals surface area (Å²) < 4.78 is 18.6. The van der Waals surface area contributed by atoms with Crippen LogP contribution in [0.2, 0.25) is 0 Å². The highest BCUT2D eigenvalue weighted by atomic mass is 32.1. The van der Waals surface area contributed by atoms with Gasteiger partial charge in [0.15, 0.2) is 11.9 Å². The van der Waals surface area contributed by atoms with E-state index in [0.29, 0.717) is 27.5 Å². The maximum absolute atomic E-state index is 13.2. The number of benzene rings is 1. The summed E-state index contributed by atoms with van der Waals surface area (Å²) in [4.78, 5) is 34.0. The number of carbonyl (C=O) groups excluding carboxylic acids is 1. The SMILES string of the molecule is C[C@@H]1CCc2c(sc3nc([C@H](C)OC(=O)/C=C/c4cccc(F)c4)[nH]c(=O)c23)C1. The summed E-state index contributed by atoms with van der Waals surface area (Å²) in [5.74, 6) is -0.0404. The van der Waals surface area contributed by atoms with Crippen LogP contribution >= 0.6 is 11.3 Å². The molecule has 0 saturated carbocycles. The van der Waals surface area contributed by atoms with Gasteiger partial charge in [-0.15, -0.1) is 11.3 Å². The molecule has 1 aliphatic carbocycles. The number of aryl methyl sites for hydroxylation is 1. The average Bonchev–Trinajstić information content (AvgIpc) is 3.04. The maximum Gasteiger partial charge on any atom is 0.331 e. The molecule has 7 heteroatoms. The van der Waals surface area contributed by atoms with Crippen LogP contribution in [0.1, 0.15) is 48.2 Å². The zero-order chi connectivity index (χ0) is 20.5. The van der Waals surface area contributed by atoms with Gasteiger partial charge in [0, 0.05) is 11.0 Å². The third kappa shape index (κ3) is 4.15. The molecule has 0 amide bonds. The van der Waals surface area contributed by atoms with E-state index >= 15 is 0 Å². The van der Waals surface area contributed by atoms with Gasteiger partial charge in [-0.3, -0.25) is 4.79 Å². The van der Waals surface area contributed by atoms with Crippen LogP contribution in [0, 0.1) is 11.7 Å². The molecule has 0 fully saturated rings. The van der Waals surface area contributed by atoms with Crippen molar-refractivity contribution in [1.29, 1.82) is 0 Å². The normalized spacial score (nSPS) is 17.4. The van der Waals surface area contributed by atoms with Gasteiger partial charge < -0.3 is 9.72 Å². The minimum atomic E-state index is -0.713. The molecular weight excluding hydrogens is 391 g/mol. The number of aromatic nitrogens is 2. The second-order valence-corrected chi connectivity index (χ2v) is 8.53. The Balaban J connectivity index is 1.53. The molecule has 0 saturated heterocycles. The van der Waals surface area contributed by atoms with Gasteiger partial charge in [-0.05, 0) is 61.4 Å². The number of thiophene rings is 1. The minimum Gasteiger partial charge on any atom is -0.451 e. The molecule has 1 aliphatic rings. The number of hydrogen-bond donors (Lipinski definition) is 1. The van der Waals surface area contributed by atoms with E-state index in [1.54, 1.807) is 30.4 Å². The zero-order valence-corrected chi connectivity index (χ0v) is 17.0. The number of ether oxygens (including phenoxy) is 1. The van der Waals surface area contributed by atoms with Crippen molar-refractivity contribution in [3.05, 3.63) is 68.3 Å². The first-order chi connectivity index (χ1) is 13.9. The van der Waals surface area contributed by atoms with Crippen molar-refractivity contribution in [1.82, 2.24) is 9.97 Å². The van der Waals surface area contributed by atoms with Crippen LogP contribution in [0.4, 0.5) is 4.39 Å². The summed E-state index contributed by atoms with van der Waals surface area (Å²) in [5.41, 5.74) is 1.49. The maximum atomic E-state index is 13.2. The monoisotopic (exact) mass is 412 g/mol. The van der Waals surface area contributed by atoms with Crippen LogP contribution in [0.3, 0.4) is 0 Å². The lowest BCUT2D eigenvalue weighted by Crippen LogP contribution is -2.17. The smallest absolute Gasteiger partial charge is 0.331 e. The standard InChI is InChI=1S/C22H21FN2O3S/c1-12-6-8-16-17(10-12)29-22-19(16)21(27)24-20(25-22)13(2)28-18(26)9-7-14-4-3-5-15(23)11-14/h3-5,7,9,11-13H,6,8,10H2,1-2H3,(H,24,25,27)/b9-7+/t12-,13+/m1/s1. The van der Waals surface area contributed by atoms with E-state index in [2.05, 4.69) is 16.9 Å². The zero-order valence-electron chi connectivity index (χ0n) is 16.2. The Kier molecular flexibility index (Phi) is 5.32. The van der Waals surface area contributed by atoms with Crippen LogP contribution in [0.5, 0.6) is 0 Å². The van der Waals surface area contributed by atoms with E-state index < -0.39 is 12.1 Å². The number of nitrogens with zero attached hydrogens (tertiary/aromatic N) is 1. The van der Waals surface area contributed by atoms with E-state index in [1.165, 1.54) is 29.2 Å². The van der Waals surface area contributed by atoms with E-state index in [9.17, 15) is 14.0 Å². The number of halogens is 1. The highest BCUT2D eigenvalue weighted by Gasteiger charge is 2.24. The van der Waals surface area contributed by atoms with Crippen molar-refractivity contribution < 1.29 is 13.9 Å². The second-order valence-electron chi connectivity index (χ2n) is 7.45. The number of nitrogens with one attached hydrogen (secondary N) is 1. The highest BCUT2D eigenvalue weighted by Crippen LogP contribution is 2.35. The molecule has 29 heavy (non-hydrogen) atoms. The molecule has 1 N–H and O–H groups in total. The van der Waals surface area contributed by atoms with Crippen molar-refractivity contribution in [2.45, 2.75) is 39.2 Å². The molecule has 150 valence electrons. The van der Waals surface area contributed by atoms with Crippen molar-refractivity contribution >= 4 is 33.6 Å². The molecule has 5 nitrogen and oxygen atoms in total. The molecule has 1 aromatic carbocycles. The number of fused-ring (bicyclic) bond motifs is 3. The van der Waals surface area contributed by atoms with E-state index in [-0.39, 0.29) is 11.4 Å². The van der Waals surface area contributed by atoms with E-state index in [1.807, 2.05) is 0 Å². The molecule has 0 bridgehead atoms. The number of esters is 1. The van der Waals surface area contributed by atoms with E-state index in [4.69, 9.17) is 4.74 Å². The Morgan fingerprint density at radius 2 is 2.28 bits per heavy atom. The molecule has 4 rings (SSSR count). The molecule has 3 aromatic rings. The average molecular weight is 412 g/mol. The van der Waals surface area contributed by atoms with Crippen molar-refractivity contribution in [3.63, 3.8) is 0 Å². The van der Waals surface area contributed by atoms with Gasteiger partial charge in [0.25, 0.3) is 5.56 Å². The van der Waals surface area contributed by atoms with Gasteiger partial charge in [0.1, 0.15) is 10.6 Å². The third-order valence-corrected chi connectivity index (χ3v) is 6.27. The molecule has 2 aromatic heterocycles. The minimum absolute atomic E-state index is 0.185. The first-order valence-corrected chi connectivity index (χ1v) is 10.4. The Labute approximate surface area is 171 Å². The van der Waals surface area contributed by atoms with Crippen molar-refractivity contribution in [2.24, 2.45) is 5.92 Å².